The first-order chi connectivity index (χ1) is 7.83. The molecule has 0 aliphatic carbocycles. The third-order valence-corrected chi connectivity index (χ3v) is 2.59. The molecule has 0 saturated heterocycles. The Balaban J connectivity index is 2.07. The van der Waals surface area contributed by atoms with Gasteiger partial charge in [0.05, 0.1) is 12.2 Å². The minimum absolute atomic E-state index is 0.743. The van der Waals surface area contributed by atoms with Gasteiger partial charge in [0.15, 0.2) is 0 Å². The van der Waals surface area contributed by atoms with E-state index in [1.165, 1.54) is 5.56 Å². The summed E-state index contributed by atoms with van der Waals surface area (Å²) in [6, 6.07) is 2.03. The second-order valence-electron chi connectivity index (χ2n) is 3.76. The van der Waals surface area contributed by atoms with E-state index in [0.717, 1.165) is 29.2 Å². The van der Waals surface area contributed by atoms with E-state index in [-0.39, 0.29) is 0 Å². The third-order valence-electron chi connectivity index (χ3n) is 2.59. The lowest BCUT2D eigenvalue weighted by Crippen LogP contribution is -1.93. The highest BCUT2D eigenvalue weighted by molar-refractivity contribution is 5.85. The van der Waals surface area contributed by atoms with Crippen LogP contribution in [0.5, 0.6) is 0 Å². The van der Waals surface area contributed by atoms with E-state index in [1.807, 2.05) is 25.4 Å². The Labute approximate surface area is 93.1 Å². The average Bonchev–Trinajstić information content (AvgIpc) is 2.77. The van der Waals surface area contributed by atoms with Crippen LogP contribution < -0.4 is 0 Å². The first kappa shape index (κ1) is 9.15. The number of aryl methyl sites for hydroxylation is 1. The van der Waals surface area contributed by atoms with Crippen LogP contribution in [0.25, 0.3) is 11.3 Å². The van der Waals surface area contributed by atoms with Crippen molar-refractivity contribution < 1.29 is 0 Å². The molecule has 0 fully saturated rings. The number of hydrogen-bond donors (Lipinski definition) is 0. The van der Waals surface area contributed by atoms with Gasteiger partial charge in [0, 0.05) is 41.5 Å². The van der Waals surface area contributed by atoms with E-state index in [0.29, 0.717) is 0 Å². The van der Waals surface area contributed by atoms with Gasteiger partial charge in [-0.15, -0.1) is 0 Å². The molecule has 0 aromatic carbocycles. The molecule has 0 atom stereocenters. The monoisotopic (exact) mass is 210 g/mol. The minimum Gasteiger partial charge on any atom is -0.288 e. The molecule has 4 heteroatoms. The number of nitrogens with zero attached hydrogens (tertiary/aromatic N) is 4. The van der Waals surface area contributed by atoms with Gasteiger partial charge in [0.25, 0.3) is 0 Å². The van der Waals surface area contributed by atoms with Crippen LogP contribution in [0.15, 0.2) is 29.6 Å². The molecule has 78 valence electrons. The van der Waals surface area contributed by atoms with E-state index in [4.69, 9.17) is 0 Å². The standard InChI is InChI=1S/C12H10N4/c1-8-14-6-11(7-15-8)12-2-9-3-13-4-10(9)5-16-12/h2-3,5-7H,4H2,1H3. The SMILES string of the molecule is Cc1ncc(-c2cc3c(cn2)CN=C3)cn1. The van der Waals surface area contributed by atoms with Gasteiger partial charge < -0.3 is 0 Å². The number of hydrogen-bond acceptors (Lipinski definition) is 4. The van der Waals surface area contributed by atoms with Crippen LogP contribution in [-0.2, 0) is 6.54 Å². The molecular weight excluding hydrogens is 200 g/mol. The fraction of sp³-hybridized carbons (Fsp3) is 0.167. The highest BCUT2D eigenvalue weighted by atomic mass is 14.9. The summed E-state index contributed by atoms with van der Waals surface area (Å²) in [6.07, 6.45) is 7.35. The Morgan fingerprint density at radius 3 is 2.69 bits per heavy atom. The molecule has 0 bridgehead atoms. The summed E-state index contributed by atoms with van der Waals surface area (Å²) >= 11 is 0. The maximum atomic E-state index is 4.39. The summed E-state index contributed by atoms with van der Waals surface area (Å²) < 4.78 is 0. The Kier molecular flexibility index (Phi) is 1.99. The molecule has 0 N–H and O–H groups in total. The van der Waals surface area contributed by atoms with Gasteiger partial charge >= 0.3 is 0 Å². The highest BCUT2D eigenvalue weighted by Crippen LogP contribution is 2.20. The predicted molar refractivity (Wildman–Crippen MR) is 61.3 cm³/mol. The zero-order valence-corrected chi connectivity index (χ0v) is 8.88. The topological polar surface area (TPSA) is 51.0 Å². The Bertz CT molecular complexity index is 558. The van der Waals surface area contributed by atoms with Gasteiger partial charge in [0.1, 0.15) is 5.82 Å². The van der Waals surface area contributed by atoms with Crippen LogP contribution in [0.1, 0.15) is 17.0 Å². The maximum absolute atomic E-state index is 4.39. The molecule has 3 heterocycles. The van der Waals surface area contributed by atoms with E-state index in [9.17, 15) is 0 Å². The van der Waals surface area contributed by atoms with E-state index in [2.05, 4.69) is 19.9 Å². The number of rotatable bonds is 1. The van der Waals surface area contributed by atoms with Crippen molar-refractivity contribution >= 4 is 6.21 Å². The lowest BCUT2D eigenvalue weighted by molar-refractivity contribution is 1.05. The number of pyridine rings is 1. The largest absolute Gasteiger partial charge is 0.288 e. The fourth-order valence-corrected chi connectivity index (χ4v) is 1.68. The summed E-state index contributed by atoms with van der Waals surface area (Å²) in [6.45, 7) is 2.61. The summed E-state index contributed by atoms with van der Waals surface area (Å²) in [5.41, 5.74) is 4.16. The second kappa shape index (κ2) is 3.48. The van der Waals surface area contributed by atoms with Gasteiger partial charge in [0.2, 0.25) is 0 Å². The molecule has 0 spiro atoms. The maximum Gasteiger partial charge on any atom is 0.125 e. The van der Waals surface area contributed by atoms with Crippen molar-refractivity contribution in [3.8, 4) is 11.3 Å². The first-order valence-electron chi connectivity index (χ1n) is 5.11. The van der Waals surface area contributed by atoms with Gasteiger partial charge in [-0.3, -0.25) is 9.98 Å². The summed E-state index contributed by atoms with van der Waals surface area (Å²) in [4.78, 5) is 16.9. The van der Waals surface area contributed by atoms with Crippen molar-refractivity contribution in [3.63, 3.8) is 0 Å². The molecule has 1 aliphatic rings. The zero-order chi connectivity index (χ0) is 11.0. The second-order valence-corrected chi connectivity index (χ2v) is 3.76. The van der Waals surface area contributed by atoms with Gasteiger partial charge in [-0.2, -0.15) is 0 Å². The Morgan fingerprint density at radius 1 is 1.06 bits per heavy atom. The Hall–Kier alpha value is -2.10. The molecule has 2 aromatic rings. The molecule has 0 radical (unpaired) electrons. The van der Waals surface area contributed by atoms with Crippen LogP contribution in [0.4, 0.5) is 0 Å². The van der Waals surface area contributed by atoms with Gasteiger partial charge in [-0.25, -0.2) is 9.97 Å². The van der Waals surface area contributed by atoms with Crippen molar-refractivity contribution in [1.29, 1.82) is 0 Å². The molecule has 0 unspecified atom stereocenters. The molecule has 1 aliphatic heterocycles. The lowest BCUT2D eigenvalue weighted by Gasteiger charge is -2.02. The Morgan fingerprint density at radius 2 is 1.88 bits per heavy atom. The first-order valence-corrected chi connectivity index (χ1v) is 5.11. The van der Waals surface area contributed by atoms with E-state index < -0.39 is 0 Å². The minimum atomic E-state index is 0.743. The van der Waals surface area contributed by atoms with Crippen LogP contribution in [-0.4, -0.2) is 21.2 Å². The highest BCUT2D eigenvalue weighted by Gasteiger charge is 2.09. The summed E-state index contributed by atoms with van der Waals surface area (Å²) in [5, 5.41) is 0. The van der Waals surface area contributed by atoms with E-state index in [1.54, 1.807) is 12.4 Å². The van der Waals surface area contributed by atoms with Crippen molar-refractivity contribution in [2.24, 2.45) is 4.99 Å². The van der Waals surface area contributed by atoms with Crippen LogP contribution in [0.2, 0.25) is 0 Å². The van der Waals surface area contributed by atoms with Crippen molar-refractivity contribution in [2.75, 3.05) is 0 Å². The van der Waals surface area contributed by atoms with Crippen LogP contribution >= 0.6 is 0 Å². The quantitative estimate of drug-likeness (QED) is 0.720. The number of aromatic nitrogens is 3. The normalized spacial score (nSPS) is 12.8. The van der Waals surface area contributed by atoms with Crippen LogP contribution in [0.3, 0.4) is 0 Å². The summed E-state index contributed by atoms with van der Waals surface area (Å²) in [5.74, 6) is 0.770. The van der Waals surface area contributed by atoms with Crippen LogP contribution in [0, 0.1) is 6.92 Å². The predicted octanol–water partition coefficient (Wildman–Crippen LogP) is 1.78. The molecule has 16 heavy (non-hydrogen) atoms. The van der Waals surface area contributed by atoms with Gasteiger partial charge in [-0.05, 0) is 13.0 Å². The molecule has 0 amide bonds. The van der Waals surface area contributed by atoms with Gasteiger partial charge in [-0.1, -0.05) is 0 Å². The molecule has 3 rings (SSSR count). The average molecular weight is 210 g/mol. The lowest BCUT2D eigenvalue weighted by atomic mass is 10.1. The number of aliphatic imine (C=N–C) groups is 1. The van der Waals surface area contributed by atoms with Crippen molar-refractivity contribution in [2.45, 2.75) is 13.5 Å². The molecular formula is C12H10N4. The third kappa shape index (κ3) is 1.48. The number of fused-ring (bicyclic) bond motifs is 1. The summed E-state index contributed by atoms with van der Waals surface area (Å²) in [7, 11) is 0. The molecule has 2 aromatic heterocycles. The van der Waals surface area contributed by atoms with Crippen molar-refractivity contribution in [1.82, 2.24) is 15.0 Å². The molecule has 0 saturated carbocycles. The zero-order valence-electron chi connectivity index (χ0n) is 8.88. The van der Waals surface area contributed by atoms with E-state index >= 15 is 0 Å². The smallest absolute Gasteiger partial charge is 0.125 e. The fourth-order valence-electron chi connectivity index (χ4n) is 1.68. The van der Waals surface area contributed by atoms with Crippen molar-refractivity contribution in [3.05, 3.63) is 41.6 Å². The molecule has 4 nitrogen and oxygen atoms in total.